The van der Waals surface area contributed by atoms with Crippen LogP contribution in [0.5, 0.6) is 11.5 Å². The van der Waals surface area contributed by atoms with Crippen LogP contribution >= 0.6 is 0 Å². The van der Waals surface area contributed by atoms with Gasteiger partial charge in [0.15, 0.2) is 0 Å². The van der Waals surface area contributed by atoms with Crippen molar-refractivity contribution in [3.8, 4) is 11.5 Å². The topological polar surface area (TPSA) is 60.8 Å². The average molecular weight is 237 g/mol. The third kappa shape index (κ3) is 2.90. The minimum atomic E-state index is -0.336. The molecular formula is C13H19NO3. The van der Waals surface area contributed by atoms with Crippen LogP contribution in [0.2, 0.25) is 0 Å². The van der Waals surface area contributed by atoms with Gasteiger partial charge in [0.2, 0.25) is 0 Å². The number of benzene rings is 1. The Morgan fingerprint density at radius 1 is 1.29 bits per heavy atom. The van der Waals surface area contributed by atoms with E-state index < -0.39 is 0 Å². The van der Waals surface area contributed by atoms with Gasteiger partial charge in [0.05, 0.1) is 0 Å². The second kappa shape index (κ2) is 5.57. The van der Waals surface area contributed by atoms with E-state index in [9.17, 15) is 15.0 Å². The van der Waals surface area contributed by atoms with Crippen LogP contribution in [0.25, 0.3) is 0 Å². The highest BCUT2D eigenvalue weighted by atomic mass is 16.3. The van der Waals surface area contributed by atoms with Crippen LogP contribution in [0.15, 0.2) is 18.2 Å². The van der Waals surface area contributed by atoms with E-state index in [1.54, 1.807) is 4.90 Å². The van der Waals surface area contributed by atoms with Crippen LogP contribution < -0.4 is 0 Å². The van der Waals surface area contributed by atoms with Gasteiger partial charge in [0.25, 0.3) is 5.91 Å². The predicted octanol–water partition coefficient (Wildman–Crippen LogP) is 2.36. The quantitative estimate of drug-likeness (QED) is 0.845. The number of aromatic hydroxyl groups is 2. The van der Waals surface area contributed by atoms with Crippen molar-refractivity contribution in [3.05, 3.63) is 23.8 Å². The molecule has 0 spiro atoms. The smallest absolute Gasteiger partial charge is 0.261 e. The zero-order valence-corrected chi connectivity index (χ0v) is 10.5. The molecule has 0 aliphatic heterocycles. The summed E-state index contributed by atoms with van der Waals surface area (Å²) in [5.41, 5.74) is -0.0188. The van der Waals surface area contributed by atoms with Crippen molar-refractivity contribution in [3.63, 3.8) is 0 Å². The van der Waals surface area contributed by atoms with E-state index in [0.29, 0.717) is 6.54 Å². The fourth-order valence-electron chi connectivity index (χ4n) is 1.73. The molecule has 0 heterocycles. The maximum absolute atomic E-state index is 12.2. The summed E-state index contributed by atoms with van der Waals surface area (Å²) in [6, 6.07) is 4.33. The number of nitrogens with zero attached hydrogens (tertiary/aromatic N) is 1. The lowest BCUT2D eigenvalue weighted by molar-refractivity contribution is 0.0699. The molecule has 94 valence electrons. The van der Waals surface area contributed by atoms with Gasteiger partial charge in [-0.3, -0.25) is 4.79 Å². The minimum Gasteiger partial charge on any atom is -0.507 e. The number of phenolic OH excluding ortho intramolecular Hbond substituents is 2. The Morgan fingerprint density at radius 3 is 2.24 bits per heavy atom. The highest BCUT2D eigenvalue weighted by Gasteiger charge is 2.23. The van der Waals surface area contributed by atoms with Crippen molar-refractivity contribution in [1.82, 2.24) is 4.90 Å². The number of carbonyl (C=O) groups excluding carboxylic acids is 1. The first kappa shape index (κ1) is 13.4. The molecule has 4 heteroatoms. The van der Waals surface area contributed by atoms with E-state index in [1.165, 1.54) is 18.2 Å². The van der Waals surface area contributed by atoms with Crippen LogP contribution in [-0.4, -0.2) is 33.6 Å². The second-order valence-electron chi connectivity index (χ2n) is 4.26. The highest BCUT2D eigenvalue weighted by molar-refractivity contribution is 5.99. The van der Waals surface area contributed by atoms with E-state index in [1.807, 2.05) is 20.8 Å². The number of phenols is 2. The molecule has 17 heavy (non-hydrogen) atoms. The van der Waals surface area contributed by atoms with E-state index in [4.69, 9.17) is 0 Å². The summed E-state index contributed by atoms with van der Waals surface area (Å²) in [5.74, 6) is -0.703. The molecule has 0 bridgehead atoms. The summed E-state index contributed by atoms with van der Waals surface area (Å²) in [7, 11) is 0. The molecular weight excluding hydrogens is 218 g/mol. The molecule has 0 saturated heterocycles. The Kier molecular flexibility index (Phi) is 4.37. The fraction of sp³-hybridized carbons (Fsp3) is 0.462. The SMILES string of the molecule is CCCN(C(=O)c1c(O)cccc1O)C(C)C. The zero-order valence-electron chi connectivity index (χ0n) is 10.5. The van der Waals surface area contributed by atoms with Gasteiger partial charge < -0.3 is 15.1 Å². The van der Waals surface area contributed by atoms with Crippen LogP contribution in [0.1, 0.15) is 37.6 Å². The number of amides is 1. The Morgan fingerprint density at radius 2 is 1.82 bits per heavy atom. The number of hydrogen-bond acceptors (Lipinski definition) is 3. The molecule has 0 aliphatic carbocycles. The largest absolute Gasteiger partial charge is 0.507 e. The molecule has 1 aromatic rings. The molecule has 4 nitrogen and oxygen atoms in total. The lowest BCUT2D eigenvalue weighted by atomic mass is 10.1. The van der Waals surface area contributed by atoms with Gasteiger partial charge in [-0.15, -0.1) is 0 Å². The molecule has 0 aromatic heterocycles. The van der Waals surface area contributed by atoms with Crippen molar-refractivity contribution in [2.45, 2.75) is 33.2 Å². The maximum Gasteiger partial charge on any atom is 0.261 e. The second-order valence-corrected chi connectivity index (χ2v) is 4.26. The van der Waals surface area contributed by atoms with Gasteiger partial charge in [-0.25, -0.2) is 0 Å². The predicted molar refractivity (Wildman–Crippen MR) is 66.2 cm³/mol. The van der Waals surface area contributed by atoms with Gasteiger partial charge in [-0.05, 0) is 32.4 Å². The fourth-order valence-corrected chi connectivity index (χ4v) is 1.73. The molecule has 0 atom stereocenters. The molecule has 1 aromatic carbocycles. The molecule has 0 saturated carbocycles. The Bertz CT molecular complexity index is 381. The number of hydrogen-bond donors (Lipinski definition) is 2. The normalized spacial score (nSPS) is 10.6. The zero-order chi connectivity index (χ0) is 13.0. The summed E-state index contributed by atoms with van der Waals surface area (Å²) >= 11 is 0. The Hall–Kier alpha value is -1.71. The van der Waals surface area contributed by atoms with Gasteiger partial charge in [-0.1, -0.05) is 13.0 Å². The van der Waals surface area contributed by atoms with Crippen molar-refractivity contribution in [2.24, 2.45) is 0 Å². The van der Waals surface area contributed by atoms with E-state index in [2.05, 4.69) is 0 Å². The Balaban J connectivity index is 3.09. The summed E-state index contributed by atoms with van der Waals surface area (Å²) in [5, 5.41) is 19.3. The van der Waals surface area contributed by atoms with Crippen molar-refractivity contribution < 1.29 is 15.0 Å². The molecule has 0 radical (unpaired) electrons. The third-order valence-electron chi connectivity index (χ3n) is 2.58. The molecule has 1 rings (SSSR count). The number of carbonyl (C=O) groups is 1. The van der Waals surface area contributed by atoms with Crippen LogP contribution in [0.4, 0.5) is 0 Å². The standard InChI is InChI=1S/C13H19NO3/c1-4-8-14(9(2)3)13(17)12-10(15)6-5-7-11(12)16/h5-7,9,15-16H,4,8H2,1-3H3. The lowest BCUT2D eigenvalue weighted by Crippen LogP contribution is -2.37. The van der Waals surface area contributed by atoms with E-state index in [0.717, 1.165) is 6.42 Å². The molecule has 1 amide bonds. The van der Waals surface area contributed by atoms with Crippen LogP contribution in [0, 0.1) is 0 Å². The number of rotatable bonds is 4. The van der Waals surface area contributed by atoms with Crippen LogP contribution in [-0.2, 0) is 0 Å². The molecule has 0 fully saturated rings. The summed E-state index contributed by atoms with van der Waals surface area (Å²) in [4.78, 5) is 13.9. The maximum atomic E-state index is 12.2. The van der Waals surface area contributed by atoms with Crippen molar-refractivity contribution >= 4 is 5.91 Å². The van der Waals surface area contributed by atoms with Gasteiger partial charge in [-0.2, -0.15) is 0 Å². The molecule has 0 aliphatic rings. The van der Waals surface area contributed by atoms with Gasteiger partial charge >= 0.3 is 0 Å². The average Bonchev–Trinajstić information content (AvgIpc) is 2.24. The lowest BCUT2D eigenvalue weighted by Gasteiger charge is -2.26. The van der Waals surface area contributed by atoms with Crippen LogP contribution in [0.3, 0.4) is 0 Å². The van der Waals surface area contributed by atoms with E-state index >= 15 is 0 Å². The first-order chi connectivity index (χ1) is 7.99. The van der Waals surface area contributed by atoms with Gasteiger partial charge in [0.1, 0.15) is 17.1 Å². The minimum absolute atomic E-state index is 0.0188. The first-order valence-electron chi connectivity index (χ1n) is 5.81. The summed E-state index contributed by atoms with van der Waals surface area (Å²) < 4.78 is 0. The Labute approximate surface area is 101 Å². The summed E-state index contributed by atoms with van der Waals surface area (Å²) in [6.45, 7) is 6.40. The summed E-state index contributed by atoms with van der Waals surface area (Å²) in [6.07, 6.45) is 0.832. The monoisotopic (exact) mass is 237 g/mol. The van der Waals surface area contributed by atoms with Crippen molar-refractivity contribution in [2.75, 3.05) is 6.54 Å². The van der Waals surface area contributed by atoms with E-state index in [-0.39, 0.29) is 29.0 Å². The van der Waals surface area contributed by atoms with Gasteiger partial charge in [0, 0.05) is 12.6 Å². The molecule has 0 unspecified atom stereocenters. The highest BCUT2D eigenvalue weighted by Crippen LogP contribution is 2.28. The third-order valence-corrected chi connectivity index (χ3v) is 2.58. The van der Waals surface area contributed by atoms with Crippen molar-refractivity contribution in [1.29, 1.82) is 0 Å². The first-order valence-corrected chi connectivity index (χ1v) is 5.81. The molecule has 2 N–H and O–H groups in total.